The van der Waals surface area contributed by atoms with E-state index in [1.807, 2.05) is 17.8 Å². The van der Waals surface area contributed by atoms with E-state index in [0.717, 1.165) is 18.7 Å². The van der Waals surface area contributed by atoms with Gasteiger partial charge in [0.15, 0.2) is 6.73 Å². The Kier molecular flexibility index (Phi) is 6.19. The molecule has 1 unspecified atom stereocenters. The topological polar surface area (TPSA) is 47.4 Å². The number of benzene rings is 1. The number of carbonyl (C=O) groups is 1. The van der Waals surface area contributed by atoms with Crippen LogP contribution in [-0.2, 0) is 11.5 Å². The molecule has 1 saturated carbocycles. The minimum atomic E-state index is -0.249. The van der Waals surface area contributed by atoms with Gasteiger partial charge in [-0.1, -0.05) is 44.4 Å². The van der Waals surface area contributed by atoms with Crippen LogP contribution in [0.4, 0.5) is 4.79 Å². The Labute approximate surface area is 162 Å². The van der Waals surface area contributed by atoms with Crippen molar-refractivity contribution in [2.75, 3.05) is 7.05 Å². The van der Waals surface area contributed by atoms with Crippen molar-refractivity contribution >= 4 is 6.09 Å². The van der Waals surface area contributed by atoms with Crippen molar-refractivity contribution in [3.05, 3.63) is 53.1 Å². The molecule has 1 amide bonds. The largest absolute Gasteiger partial charge is 0.428 e. The molecule has 1 aromatic heterocycles. The summed E-state index contributed by atoms with van der Waals surface area (Å²) in [6, 6.07) is 6.67. The lowest BCUT2D eigenvalue weighted by molar-refractivity contribution is 0.0643. The minimum Gasteiger partial charge on any atom is -0.428 e. The number of nitrogens with zero attached hydrogens (tertiary/aromatic N) is 3. The normalized spacial score (nSPS) is 16.1. The first-order valence-electron chi connectivity index (χ1n) is 9.95. The molecule has 146 valence electrons. The van der Waals surface area contributed by atoms with Gasteiger partial charge in [-0.2, -0.15) is 0 Å². The zero-order valence-electron chi connectivity index (χ0n) is 16.9. The second-order valence-electron chi connectivity index (χ2n) is 7.71. The van der Waals surface area contributed by atoms with E-state index in [4.69, 9.17) is 4.74 Å². The van der Waals surface area contributed by atoms with Gasteiger partial charge in [-0.15, -0.1) is 0 Å². The predicted octanol–water partition coefficient (Wildman–Crippen LogP) is 5.01. The molecule has 2 aromatic rings. The lowest BCUT2D eigenvalue weighted by atomic mass is 9.93. The second kappa shape index (κ2) is 8.59. The van der Waals surface area contributed by atoms with Crippen LogP contribution < -0.4 is 0 Å². The van der Waals surface area contributed by atoms with E-state index in [1.165, 1.54) is 36.0 Å². The van der Waals surface area contributed by atoms with Crippen LogP contribution in [0.25, 0.3) is 0 Å². The molecule has 1 aromatic carbocycles. The molecule has 0 N–H and O–H groups in total. The number of hydrogen-bond acceptors (Lipinski definition) is 3. The maximum atomic E-state index is 12.5. The van der Waals surface area contributed by atoms with E-state index in [1.54, 1.807) is 11.1 Å². The fourth-order valence-corrected chi connectivity index (χ4v) is 4.04. The van der Waals surface area contributed by atoms with Crippen molar-refractivity contribution in [3.8, 4) is 0 Å². The predicted molar refractivity (Wildman–Crippen MR) is 107 cm³/mol. The minimum absolute atomic E-state index is 0.134. The number of carbonyl (C=O) groups excluding carboxylic acids is 1. The van der Waals surface area contributed by atoms with Crippen LogP contribution in [0, 0.1) is 13.8 Å². The molecular formula is C22H31N3O2. The molecular weight excluding hydrogens is 338 g/mol. The lowest BCUT2D eigenvalue weighted by Crippen LogP contribution is -2.38. The molecule has 1 aliphatic carbocycles. The van der Waals surface area contributed by atoms with Crippen LogP contribution in [0.1, 0.15) is 67.5 Å². The zero-order chi connectivity index (χ0) is 19.4. The van der Waals surface area contributed by atoms with Gasteiger partial charge in [-0.05, 0) is 43.4 Å². The highest BCUT2D eigenvalue weighted by Crippen LogP contribution is 2.27. The molecule has 0 bridgehead atoms. The van der Waals surface area contributed by atoms with Gasteiger partial charge in [0.2, 0.25) is 0 Å². The standard InChI is InChI=1S/C22H31N3O2/c1-16-9-8-12-20(17(16)2)18(3)21-23-13-14-25(21)15-27-22(26)24(4)19-10-6-5-7-11-19/h8-9,12-14,18-19H,5-7,10-11,15H2,1-4H3. The summed E-state index contributed by atoms with van der Waals surface area (Å²) >= 11 is 0. The van der Waals surface area contributed by atoms with Gasteiger partial charge >= 0.3 is 6.09 Å². The van der Waals surface area contributed by atoms with Crippen molar-refractivity contribution in [1.82, 2.24) is 14.5 Å². The van der Waals surface area contributed by atoms with Gasteiger partial charge in [0, 0.05) is 31.4 Å². The second-order valence-corrected chi connectivity index (χ2v) is 7.71. The first kappa shape index (κ1) is 19.5. The van der Waals surface area contributed by atoms with E-state index in [2.05, 4.69) is 44.0 Å². The third-order valence-corrected chi connectivity index (χ3v) is 5.99. The number of hydrogen-bond donors (Lipinski definition) is 0. The van der Waals surface area contributed by atoms with Crippen LogP contribution in [0.3, 0.4) is 0 Å². The molecule has 1 heterocycles. The molecule has 1 atom stereocenters. The van der Waals surface area contributed by atoms with Crippen molar-refractivity contribution in [3.63, 3.8) is 0 Å². The fourth-order valence-electron chi connectivity index (χ4n) is 4.04. The average molecular weight is 370 g/mol. The molecule has 5 heteroatoms. The average Bonchev–Trinajstić information content (AvgIpc) is 3.16. The molecule has 27 heavy (non-hydrogen) atoms. The monoisotopic (exact) mass is 369 g/mol. The smallest absolute Gasteiger partial charge is 0.411 e. The molecule has 1 aliphatic rings. The van der Waals surface area contributed by atoms with Gasteiger partial charge in [-0.25, -0.2) is 9.78 Å². The van der Waals surface area contributed by atoms with Crippen LogP contribution in [0.15, 0.2) is 30.6 Å². The summed E-state index contributed by atoms with van der Waals surface area (Å²) in [7, 11) is 1.85. The highest BCUT2D eigenvalue weighted by atomic mass is 16.6. The Morgan fingerprint density at radius 3 is 2.78 bits per heavy atom. The lowest BCUT2D eigenvalue weighted by Gasteiger charge is -2.30. The quantitative estimate of drug-likeness (QED) is 0.744. The van der Waals surface area contributed by atoms with Crippen LogP contribution in [0.2, 0.25) is 0 Å². The maximum Gasteiger partial charge on any atom is 0.411 e. The summed E-state index contributed by atoms with van der Waals surface area (Å²) in [6.45, 7) is 6.62. The SMILES string of the molecule is Cc1cccc(C(C)c2nccn2COC(=O)N(C)C2CCCCC2)c1C. The first-order valence-corrected chi connectivity index (χ1v) is 9.95. The zero-order valence-corrected chi connectivity index (χ0v) is 16.9. The highest BCUT2D eigenvalue weighted by molar-refractivity contribution is 5.67. The van der Waals surface area contributed by atoms with Crippen LogP contribution in [0.5, 0.6) is 0 Å². The maximum absolute atomic E-state index is 12.5. The summed E-state index contributed by atoms with van der Waals surface area (Å²) in [4.78, 5) is 18.8. The number of aromatic nitrogens is 2. The summed E-state index contributed by atoms with van der Waals surface area (Å²) in [6.07, 6.45) is 9.22. The fraction of sp³-hybridized carbons (Fsp3) is 0.545. The summed E-state index contributed by atoms with van der Waals surface area (Å²) < 4.78 is 7.52. The summed E-state index contributed by atoms with van der Waals surface area (Å²) in [5, 5.41) is 0. The van der Waals surface area contributed by atoms with E-state index in [-0.39, 0.29) is 18.7 Å². The third-order valence-electron chi connectivity index (χ3n) is 5.99. The highest BCUT2D eigenvalue weighted by Gasteiger charge is 2.23. The summed E-state index contributed by atoms with van der Waals surface area (Å²) in [5.41, 5.74) is 3.82. The van der Waals surface area contributed by atoms with E-state index in [0.29, 0.717) is 6.04 Å². The number of aryl methyl sites for hydroxylation is 1. The Bertz CT molecular complexity index is 778. The molecule has 0 radical (unpaired) electrons. The van der Waals surface area contributed by atoms with Crippen molar-refractivity contribution in [2.24, 2.45) is 0 Å². The van der Waals surface area contributed by atoms with Gasteiger partial charge in [-0.3, -0.25) is 0 Å². The molecule has 0 saturated heterocycles. The molecule has 1 fully saturated rings. The molecule has 3 rings (SSSR count). The third kappa shape index (κ3) is 4.34. The van der Waals surface area contributed by atoms with Crippen LogP contribution >= 0.6 is 0 Å². The van der Waals surface area contributed by atoms with Gasteiger partial charge in [0.1, 0.15) is 5.82 Å². The number of imidazole rings is 1. The number of rotatable bonds is 5. The Hall–Kier alpha value is -2.30. The molecule has 5 nitrogen and oxygen atoms in total. The van der Waals surface area contributed by atoms with E-state index >= 15 is 0 Å². The van der Waals surface area contributed by atoms with E-state index < -0.39 is 0 Å². The van der Waals surface area contributed by atoms with Gasteiger partial charge < -0.3 is 14.2 Å². The Morgan fingerprint density at radius 1 is 1.30 bits per heavy atom. The van der Waals surface area contributed by atoms with Crippen molar-refractivity contribution in [1.29, 1.82) is 0 Å². The van der Waals surface area contributed by atoms with E-state index in [9.17, 15) is 4.79 Å². The molecule has 0 aliphatic heterocycles. The Morgan fingerprint density at radius 2 is 2.04 bits per heavy atom. The van der Waals surface area contributed by atoms with Gasteiger partial charge in [0.05, 0.1) is 0 Å². The first-order chi connectivity index (χ1) is 13.0. The van der Waals surface area contributed by atoms with Crippen molar-refractivity contribution in [2.45, 2.75) is 71.6 Å². The number of ether oxygens (including phenoxy) is 1. The molecule has 0 spiro atoms. The van der Waals surface area contributed by atoms with Gasteiger partial charge in [0.25, 0.3) is 0 Å². The van der Waals surface area contributed by atoms with Crippen molar-refractivity contribution < 1.29 is 9.53 Å². The Balaban J connectivity index is 1.66. The van der Waals surface area contributed by atoms with Crippen LogP contribution in [-0.4, -0.2) is 33.6 Å². The summed E-state index contributed by atoms with van der Waals surface area (Å²) in [5.74, 6) is 1.05. The number of amides is 1.